The Morgan fingerprint density at radius 1 is 1.31 bits per heavy atom. The van der Waals surface area contributed by atoms with E-state index in [9.17, 15) is 14.9 Å². The van der Waals surface area contributed by atoms with E-state index in [0.29, 0.717) is 22.2 Å². The lowest BCUT2D eigenvalue weighted by atomic mass is 9.89. The summed E-state index contributed by atoms with van der Waals surface area (Å²) in [6.07, 6.45) is 2.79. The molecule has 29 heavy (non-hydrogen) atoms. The molecule has 152 valence electrons. The number of esters is 1. The lowest BCUT2D eigenvalue weighted by Crippen LogP contribution is -2.21. The molecule has 3 rings (SSSR count). The summed E-state index contributed by atoms with van der Waals surface area (Å²) >= 11 is 1.43. The van der Waals surface area contributed by atoms with Crippen LogP contribution in [0, 0.1) is 17.2 Å². The minimum Gasteiger partial charge on any atom is -0.493 e. The lowest BCUT2D eigenvalue weighted by molar-refractivity contribution is -0.119. The normalized spacial score (nSPS) is 15.0. The second-order valence-electron chi connectivity index (χ2n) is 6.83. The molecule has 7 nitrogen and oxygen atoms in total. The number of nitrogens with zero attached hydrogens (tertiary/aromatic N) is 1. The van der Waals surface area contributed by atoms with Crippen LogP contribution < -0.4 is 14.8 Å². The highest BCUT2D eigenvalue weighted by Gasteiger charge is 2.25. The maximum Gasteiger partial charge on any atom is 0.342 e. The van der Waals surface area contributed by atoms with E-state index >= 15 is 0 Å². The maximum absolute atomic E-state index is 12.4. The number of carbonyl (C=O) groups excluding carboxylic acids is 2. The van der Waals surface area contributed by atoms with Crippen LogP contribution in [0.4, 0.5) is 5.00 Å². The van der Waals surface area contributed by atoms with Crippen LogP contribution >= 0.6 is 11.3 Å². The number of thiophene rings is 1. The van der Waals surface area contributed by atoms with Crippen molar-refractivity contribution in [2.75, 3.05) is 26.1 Å². The second-order valence-corrected chi connectivity index (χ2v) is 7.94. The van der Waals surface area contributed by atoms with Crippen molar-refractivity contribution in [3.63, 3.8) is 0 Å². The standard InChI is InChI=1S/C21H22N2O5S/c1-12-7-8-13-15(10-22)20(29-17(13)9-12)23-18(24)11-28-21(25)14-5-4-6-16(26-2)19(14)27-3/h4-6,12H,7-9,11H2,1-3H3,(H,23,24)/t12-/m1/s1. The number of ether oxygens (including phenoxy) is 3. The van der Waals surface area contributed by atoms with Gasteiger partial charge in [0.1, 0.15) is 16.6 Å². The molecule has 0 unspecified atom stereocenters. The molecule has 0 fully saturated rings. The van der Waals surface area contributed by atoms with Gasteiger partial charge in [-0.1, -0.05) is 13.0 Å². The molecule has 1 aliphatic carbocycles. The van der Waals surface area contributed by atoms with Gasteiger partial charge < -0.3 is 19.5 Å². The van der Waals surface area contributed by atoms with Crippen molar-refractivity contribution in [3.05, 3.63) is 39.8 Å². The second kappa shape index (κ2) is 8.97. The van der Waals surface area contributed by atoms with Crippen molar-refractivity contribution in [2.24, 2.45) is 5.92 Å². The molecule has 0 bridgehead atoms. The van der Waals surface area contributed by atoms with Crippen molar-refractivity contribution in [2.45, 2.75) is 26.2 Å². The fraction of sp³-hybridized carbons (Fsp3) is 0.381. The van der Waals surface area contributed by atoms with Crippen molar-refractivity contribution in [3.8, 4) is 17.6 Å². The minimum atomic E-state index is -0.698. The number of fused-ring (bicyclic) bond motifs is 1. The minimum absolute atomic E-state index is 0.165. The Morgan fingerprint density at radius 2 is 2.10 bits per heavy atom. The van der Waals surface area contributed by atoms with E-state index in [1.165, 1.54) is 31.6 Å². The summed E-state index contributed by atoms with van der Waals surface area (Å²) in [5.41, 5.74) is 1.72. The molecule has 2 aromatic rings. The number of amides is 1. The first-order chi connectivity index (χ1) is 14.0. The Kier molecular flexibility index (Phi) is 6.39. The van der Waals surface area contributed by atoms with Gasteiger partial charge in [-0.3, -0.25) is 4.79 Å². The van der Waals surface area contributed by atoms with E-state index in [1.807, 2.05) is 0 Å². The van der Waals surface area contributed by atoms with Gasteiger partial charge in [0.15, 0.2) is 18.1 Å². The van der Waals surface area contributed by atoms with Gasteiger partial charge in [0, 0.05) is 4.88 Å². The van der Waals surface area contributed by atoms with Crippen LogP contribution in [-0.4, -0.2) is 32.7 Å². The molecule has 1 aliphatic rings. The van der Waals surface area contributed by atoms with Crippen LogP contribution in [0.1, 0.15) is 39.7 Å². The Morgan fingerprint density at radius 3 is 2.79 bits per heavy atom. The van der Waals surface area contributed by atoms with Crippen molar-refractivity contribution >= 4 is 28.2 Å². The van der Waals surface area contributed by atoms with Crippen molar-refractivity contribution < 1.29 is 23.8 Å². The SMILES string of the molecule is COc1cccc(C(=O)OCC(=O)Nc2sc3c(c2C#N)CC[C@@H](C)C3)c1OC. The Hall–Kier alpha value is -3.05. The molecule has 1 amide bonds. The molecule has 0 aliphatic heterocycles. The molecule has 1 atom stereocenters. The number of nitriles is 1. The molecule has 0 saturated heterocycles. The predicted molar refractivity (Wildman–Crippen MR) is 109 cm³/mol. The van der Waals surface area contributed by atoms with E-state index in [4.69, 9.17) is 14.2 Å². The fourth-order valence-electron chi connectivity index (χ4n) is 3.38. The number of hydrogen-bond acceptors (Lipinski definition) is 7. The monoisotopic (exact) mass is 414 g/mol. The number of nitrogens with one attached hydrogen (secondary N) is 1. The molecular weight excluding hydrogens is 392 g/mol. The van der Waals surface area contributed by atoms with Gasteiger partial charge in [0.2, 0.25) is 0 Å². The number of benzene rings is 1. The molecule has 0 radical (unpaired) electrons. The number of carbonyl (C=O) groups is 2. The first kappa shape index (κ1) is 20.7. The number of para-hydroxylation sites is 1. The van der Waals surface area contributed by atoms with Gasteiger partial charge in [-0.2, -0.15) is 5.26 Å². The first-order valence-electron chi connectivity index (χ1n) is 9.21. The molecule has 1 heterocycles. The predicted octanol–water partition coefficient (Wildman–Crippen LogP) is 3.56. The highest BCUT2D eigenvalue weighted by molar-refractivity contribution is 7.16. The van der Waals surface area contributed by atoms with Crippen LogP contribution in [0.5, 0.6) is 11.5 Å². The van der Waals surface area contributed by atoms with Gasteiger partial charge in [-0.05, 0) is 42.9 Å². The molecule has 1 aromatic heterocycles. The zero-order valence-corrected chi connectivity index (χ0v) is 17.4. The highest BCUT2D eigenvalue weighted by Crippen LogP contribution is 2.39. The number of anilines is 1. The summed E-state index contributed by atoms with van der Waals surface area (Å²) in [4.78, 5) is 25.9. The van der Waals surface area contributed by atoms with Gasteiger partial charge >= 0.3 is 5.97 Å². The number of methoxy groups -OCH3 is 2. The summed E-state index contributed by atoms with van der Waals surface area (Å²) < 4.78 is 15.5. The van der Waals surface area contributed by atoms with Gasteiger partial charge in [0.05, 0.1) is 19.8 Å². The molecular formula is C21H22N2O5S. The third-order valence-corrected chi connectivity index (χ3v) is 6.00. The van der Waals surface area contributed by atoms with Gasteiger partial charge in [0.25, 0.3) is 5.91 Å². The number of hydrogen-bond donors (Lipinski definition) is 1. The third kappa shape index (κ3) is 4.35. The summed E-state index contributed by atoms with van der Waals surface area (Å²) in [6, 6.07) is 7.02. The molecule has 0 saturated carbocycles. The quantitative estimate of drug-likeness (QED) is 0.726. The van der Waals surface area contributed by atoms with Crippen LogP contribution in [0.2, 0.25) is 0 Å². The maximum atomic E-state index is 12.4. The average Bonchev–Trinajstić information content (AvgIpc) is 3.06. The van der Waals surface area contributed by atoms with Crippen LogP contribution in [-0.2, 0) is 22.4 Å². The molecule has 0 spiro atoms. The Balaban J connectivity index is 1.67. The van der Waals surface area contributed by atoms with Crippen LogP contribution in [0.3, 0.4) is 0 Å². The molecule has 1 aromatic carbocycles. The van der Waals surface area contributed by atoms with Crippen molar-refractivity contribution in [1.29, 1.82) is 5.26 Å². The van der Waals surface area contributed by atoms with E-state index in [1.54, 1.807) is 12.1 Å². The third-order valence-electron chi connectivity index (χ3n) is 4.83. The van der Waals surface area contributed by atoms with E-state index < -0.39 is 18.5 Å². The first-order valence-corrected chi connectivity index (χ1v) is 10.0. The van der Waals surface area contributed by atoms with Crippen LogP contribution in [0.25, 0.3) is 0 Å². The highest BCUT2D eigenvalue weighted by atomic mass is 32.1. The van der Waals surface area contributed by atoms with E-state index in [-0.39, 0.29) is 11.3 Å². The Labute approximate surface area is 173 Å². The fourth-order valence-corrected chi connectivity index (χ4v) is 4.75. The Bertz CT molecular complexity index is 976. The topological polar surface area (TPSA) is 97.6 Å². The average molecular weight is 414 g/mol. The largest absolute Gasteiger partial charge is 0.493 e. The van der Waals surface area contributed by atoms with Crippen LogP contribution in [0.15, 0.2) is 18.2 Å². The lowest BCUT2D eigenvalue weighted by Gasteiger charge is -2.17. The van der Waals surface area contributed by atoms with E-state index in [0.717, 1.165) is 29.7 Å². The summed E-state index contributed by atoms with van der Waals surface area (Å²) in [5.74, 6) is 0.00444. The smallest absolute Gasteiger partial charge is 0.342 e. The molecule has 1 N–H and O–H groups in total. The molecule has 8 heteroatoms. The summed E-state index contributed by atoms with van der Waals surface area (Å²) in [5, 5.41) is 12.7. The number of rotatable bonds is 6. The zero-order chi connectivity index (χ0) is 21.0. The summed E-state index contributed by atoms with van der Waals surface area (Å²) in [7, 11) is 2.89. The van der Waals surface area contributed by atoms with Crippen molar-refractivity contribution in [1.82, 2.24) is 0 Å². The van der Waals surface area contributed by atoms with Gasteiger partial charge in [-0.25, -0.2) is 4.79 Å². The zero-order valence-electron chi connectivity index (χ0n) is 16.5. The van der Waals surface area contributed by atoms with E-state index in [2.05, 4.69) is 18.3 Å². The van der Waals surface area contributed by atoms with Gasteiger partial charge in [-0.15, -0.1) is 11.3 Å². The summed E-state index contributed by atoms with van der Waals surface area (Å²) in [6.45, 7) is 1.71.